The van der Waals surface area contributed by atoms with Crippen LogP contribution in [0.15, 0.2) is 40.2 Å². The molecule has 0 spiro atoms. The van der Waals surface area contributed by atoms with Crippen LogP contribution in [0.25, 0.3) is 11.2 Å². The van der Waals surface area contributed by atoms with Crippen LogP contribution in [0.4, 0.5) is 14.5 Å². The van der Waals surface area contributed by atoms with Gasteiger partial charge in [-0.2, -0.15) is 4.98 Å². The van der Waals surface area contributed by atoms with Crippen LogP contribution >= 0.6 is 0 Å². The molecule has 2 aliphatic rings. The van der Waals surface area contributed by atoms with Crippen molar-refractivity contribution in [2.24, 2.45) is 18.9 Å². The quantitative estimate of drug-likeness (QED) is 0.491. The van der Waals surface area contributed by atoms with Gasteiger partial charge < -0.3 is 14.0 Å². The predicted molar refractivity (Wildman–Crippen MR) is 104 cm³/mol. The van der Waals surface area contributed by atoms with Gasteiger partial charge >= 0.3 is 0 Å². The van der Waals surface area contributed by atoms with Gasteiger partial charge in [0.2, 0.25) is 5.89 Å². The second kappa shape index (κ2) is 6.43. The van der Waals surface area contributed by atoms with Gasteiger partial charge in [-0.1, -0.05) is 11.2 Å². The van der Waals surface area contributed by atoms with Gasteiger partial charge in [-0.3, -0.25) is 9.36 Å². The third kappa shape index (κ3) is 2.76. The molecule has 3 aromatic heterocycles. The molecule has 1 saturated carbocycles. The zero-order valence-corrected chi connectivity index (χ0v) is 16.4. The van der Waals surface area contributed by atoms with E-state index >= 15 is 0 Å². The van der Waals surface area contributed by atoms with Crippen LogP contribution in [0.1, 0.15) is 17.6 Å². The number of aryl methyl sites for hydroxylation is 1. The van der Waals surface area contributed by atoms with Gasteiger partial charge in [0, 0.05) is 26.1 Å². The van der Waals surface area contributed by atoms with Gasteiger partial charge in [-0.05, 0) is 24.0 Å². The molecule has 1 aliphatic heterocycles. The van der Waals surface area contributed by atoms with Gasteiger partial charge in [0.25, 0.3) is 5.56 Å². The number of anilines is 1. The van der Waals surface area contributed by atoms with Crippen molar-refractivity contribution in [2.45, 2.75) is 12.5 Å². The summed E-state index contributed by atoms with van der Waals surface area (Å²) in [4.78, 5) is 27.3. The maximum absolute atomic E-state index is 14.1. The molecular formula is C20H17F2N7O2. The number of benzene rings is 1. The Hall–Kier alpha value is -3.63. The van der Waals surface area contributed by atoms with Gasteiger partial charge in [-0.15, -0.1) is 0 Å². The molecule has 1 aromatic carbocycles. The van der Waals surface area contributed by atoms with Gasteiger partial charge in [0.15, 0.2) is 28.6 Å². The van der Waals surface area contributed by atoms with Crippen LogP contribution in [-0.2, 0) is 13.6 Å². The Morgan fingerprint density at radius 1 is 1.16 bits per heavy atom. The molecule has 1 aliphatic carbocycles. The first-order valence-electron chi connectivity index (χ1n) is 9.89. The summed E-state index contributed by atoms with van der Waals surface area (Å²) in [7, 11) is 1.73. The van der Waals surface area contributed by atoms with Crippen LogP contribution in [-0.4, -0.2) is 42.3 Å². The molecule has 158 valence electrons. The SMILES string of the molecule is Cn1cnc2ncn(Cc3nc(C4C5CN(c6cccc(F)c6F)CC54)no3)c(=O)c21. The van der Waals surface area contributed by atoms with Gasteiger partial charge in [0.1, 0.15) is 12.9 Å². The molecule has 2 unspecified atom stereocenters. The average molecular weight is 425 g/mol. The fourth-order valence-electron chi connectivity index (χ4n) is 4.64. The van der Waals surface area contributed by atoms with E-state index in [0.717, 1.165) is 6.07 Å². The number of fused-ring (bicyclic) bond motifs is 2. The van der Waals surface area contributed by atoms with E-state index in [9.17, 15) is 13.6 Å². The number of imidazole rings is 1. The number of rotatable bonds is 4. The van der Waals surface area contributed by atoms with E-state index in [1.165, 1.54) is 17.0 Å². The number of piperidine rings is 1. The third-order valence-electron chi connectivity index (χ3n) is 6.25. The minimum absolute atomic E-state index is 0.114. The lowest BCUT2D eigenvalue weighted by Crippen LogP contribution is -2.25. The summed E-state index contributed by atoms with van der Waals surface area (Å²) in [5, 5.41) is 4.09. The second-order valence-corrected chi connectivity index (χ2v) is 8.08. The van der Waals surface area contributed by atoms with Crippen LogP contribution in [0.3, 0.4) is 0 Å². The fourth-order valence-corrected chi connectivity index (χ4v) is 4.64. The summed E-state index contributed by atoms with van der Waals surface area (Å²) < 4.78 is 36.0. The Kier molecular flexibility index (Phi) is 3.77. The molecule has 1 saturated heterocycles. The lowest BCUT2D eigenvalue weighted by Gasteiger charge is -2.22. The topological polar surface area (TPSA) is 94.9 Å². The highest BCUT2D eigenvalue weighted by atomic mass is 19.2. The smallest absolute Gasteiger partial charge is 0.280 e. The van der Waals surface area contributed by atoms with Crippen molar-refractivity contribution in [1.29, 1.82) is 0 Å². The number of nitrogens with zero attached hydrogens (tertiary/aromatic N) is 7. The van der Waals surface area contributed by atoms with Crippen molar-refractivity contribution >= 4 is 16.9 Å². The monoisotopic (exact) mass is 425 g/mol. The number of halogens is 2. The van der Waals surface area contributed by atoms with E-state index in [-0.39, 0.29) is 35.5 Å². The van der Waals surface area contributed by atoms with E-state index in [0.29, 0.717) is 36.0 Å². The first kappa shape index (κ1) is 18.2. The highest BCUT2D eigenvalue weighted by Gasteiger charge is 2.58. The third-order valence-corrected chi connectivity index (χ3v) is 6.25. The van der Waals surface area contributed by atoms with Crippen molar-refractivity contribution in [2.75, 3.05) is 18.0 Å². The van der Waals surface area contributed by atoms with E-state index in [4.69, 9.17) is 4.52 Å². The van der Waals surface area contributed by atoms with Crippen molar-refractivity contribution in [1.82, 2.24) is 29.2 Å². The van der Waals surface area contributed by atoms with Crippen LogP contribution in [0.5, 0.6) is 0 Å². The average Bonchev–Trinajstić information content (AvgIpc) is 3.18. The lowest BCUT2D eigenvalue weighted by atomic mass is 10.2. The number of aromatic nitrogens is 6. The minimum atomic E-state index is -0.841. The second-order valence-electron chi connectivity index (χ2n) is 8.08. The molecule has 31 heavy (non-hydrogen) atoms. The summed E-state index contributed by atoms with van der Waals surface area (Å²) in [6, 6.07) is 4.22. The Labute approximate surface area is 173 Å². The highest BCUT2D eigenvalue weighted by Crippen LogP contribution is 2.58. The number of hydrogen-bond acceptors (Lipinski definition) is 7. The van der Waals surface area contributed by atoms with E-state index in [1.807, 2.05) is 4.90 Å². The molecule has 0 radical (unpaired) electrons. The summed E-state index contributed by atoms with van der Waals surface area (Å²) >= 11 is 0. The van der Waals surface area contributed by atoms with Crippen molar-refractivity contribution in [3.8, 4) is 0 Å². The molecule has 4 heterocycles. The Balaban J connectivity index is 1.17. The fraction of sp³-hybridized carbons (Fsp3) is 0.350. The summed E-state index contributed by atoms with van der Waals surface area (Å²) in [6.45, 7) is 1.34. The zero-order valence-electron chi connectivity index (χ0n) is 16.4. The number of hydrogen-bond donors (Lipinski definition) is 0. The van der Waals surface area contributed by atoms with Gasteiger partial charge in [-0.25, -0.2) is 18.7 Å². The molecule has 2 fully saturated rings. The first-order chi connectivity index (χ1) is 15.0. The Morgan fingerprint density at radius 2 is 1.94 bits per heavy atom. The molecular weight excluding hydrogens is 408 g/mol. The summed E-state index contributed by atoms with van der Waals surface area (Å²) in [6.07, 6.45) is 2.96. The summed E-state index contributed by atoms with van der Waals surface area (Å²) in [5.74, 6) is -0.0881. The molecule has 0 bridgehead atoms. The van der Waals surface area contributed by atoms with Crippen molar-refractivity contribution in [3.05, 3.63) is 64.6 Å². The Morgan fingerprint density at radius 3 is 2.74 bits per heavy atom. The van der Waals surface area contributed by atoms with Crippen LogP contribution in [0, 0.1) is 23.5 Å². The molecule has 0 amide bonds. The van der Waals surface area contributed by atoms with Crippen LogP contribution < -0.4 is 10.5 Å². The largest absolute Gasteiger partial charge is 0.368 e. The molecule has 9 nitrogen and oxygen atoms in total. The molecule has 11 heteroatoms. The Bertz CT molecular complexity index is 1370. The molecule has 4 aromatic rings. The summed E-state index contributed by atoms with van der Waals surface area (Å²) in [5.41, 5.74) is 0.849. The molecule has 2 atom stereocenters. The van der Waals surface area contributed by atoms with Crippen LogP contribution in [0.2, 0.25) is 0 Å². The maximum atomic E-state index is 14.1. The van der Waals surface area contributed by atoms with Crippen molar-refractivity contribution in [3.63, 3.8) is 0 Å². The standard InChI is InChI=1S/C20H17F2N7O2/c1-27-8-23-19-17(27)20(30)29(9-24-19)7-14-25-18(26-31-14)15-10-5-28(6-11(10)15)13-4-2-3-12(21)16(13)22/h2-4,8-11,15H,5-7H2,1H3. The molecule has 0 N–H and O–H groups in total. The predicted octanol–water partition coefficient (Wildman–Crippen LogP) is 1.69. The first-order valence-corrected chi connectivity index (χ1v) is 9.89. The maximum Gasteiger partial charge on any atom is 0.280 e. The minimum Gasteiger partial charge on any atom is -0.368 e. The van der Waals surface area contributed by atoms with E-state index in [2.05, 4.69) is 20.1 Å². The molecule has 6 rings (SSSR count). The zero-order chi connectivity index (χ0) is 21.3. The van der Waals surface area contributed by atoms with Crippen molar-refractivity contribution < 1.29 is 13.3 Å². The van der Waals surface area contributed by atoms with E-state index in [1.54, 1.807) is 24.0 Å². The highest BCUT2D eigenvalue weighted by molar-refractivity contribution is 5.68. The normalized spacial score (nSPS) is 22.3. The van der Waals surface area contributed by atoms with E-state index < -0.39 is 11.6 Å². The van der Waals surface area contributed by atoms with Gasteiger partial charge in [0.05, 0.1) is 12.0 Å². The lowest BCUT2D eigenvalue weighted by molar-refractivity contribution is 0.363.